The van der Waals surface area contributed by atoms with Crippen LogP contribution in [0.15, 0.2) is 98.5 Å². The predicted octanol–water partition coefficient (Wildman–Crippen LogP) is 3.37. The van der Waals surface area contributed by atoms with Crippen molar-refractivity contribution < 1.29 is 26.7 Å². The molecule has 0 aliphatic carbocycles. The Hall–Kier alpha value is -3.23. The maximum absolute atomic E-state index is 12.5. The van der Waals surface area contributed by atoms with Gasteiger partial charge in [-0.05, 0) is 36.4 Å². The maximum atomic E-state index is 12.5. The van der Waals surface area contributed by atoms with Crippen LogP contribution in [0.4, 0.5) is 0 Å². The Morgan fingerprint density at radius 2 is 1.31 bits per heavy atom. The molecule has 0 fully saturated rings. The predicted molar refractivity (Wildman–Crippen MR) is 107 cm³/mol. The fourth-order valence-corrected chi connectivity index (χ4v) is 6.35. The third-order valence-electron chi connectivity index (χ3n) is 4.61. The van der Waals surface area contributed by atoms with Crippen molar-refractivity contribution in [3.63, 3.8) is 0 Å². The lowest BCUT2D eigenvalue weighted by Gasteiger charge is -1.97. The molecule has 0 atom stereocenters. The molecule has 146 valence electrons. The Balaban J connectivity index is 1.61. The number of sulfone groups is 2. The Morgan fingerprint density at radius 1 is 0.724 bits per heavy atom. The number of fused-ring (bicyclic) bond motifs is 2. The highest BCUT2D eigenvalue weighted by Crippen LogP contribution is 2.38. The Morgan fingerprint density at radius 3 is 1.93 bits per heavy atom. The van der Waals surface area contributed by atoms with E-state index in [9.17, 15) is 26.7 Å². The molecule has 6 nitrogen and oxygen atoms in total. The van der Waals surface area contributed by atoms with Crippen LogP contribution in [0.2, 0.25) is 0 Å². The van der Waals surface area contributed by atoms with Crippen molar-refractivity contribution in [3.8, 4) is 0 Å². The van der Waals surface area contributed by atoms with Gasteiger partial charge >= 0.3 is 0 Å². The van der Waals surface area contributed by atoms with E-state index in [1.807, 2.05) is 0 Å². The van der Waals surface area contributed by atoms with E-state index in [1.54, 1.807) is 24.3 Å². The van der Waals surface area contributed by atoms with Gasteiger partial charge in [-0.1, -0.05) is 42.5 Å². The Bertz CT molecular complexity index is 1390. The summed E-state index contributed by atoms with van der Waals surface area (Å²) in [5, 5.41) is 10.2. The molecule has 2 aromatic carbocycles. The molecule has 1 N–H and O–H groups in total. The minimum Gasteiger partial charge on any atom is -0.506 e. The number of aliphatic hydroxyl groups is 1. The van der Waals surface area contributed by atoms with Gasteiger partial charge in [-0.2, -0.15) is 0 Å². The summed E-state index contributed by atoms with van der Waals surface area (Å²) in [6, 6.07) is 12.1. The summed E-state index contributed by atoms with van der Waals surface area (Å²) in [5.74, 6) is -0.920. The van der Waals surface area contributed by atoms with Crippen molar-refractivity contribution in [1.82, 2.24) is 0 Å². The molecule has 0 unspecified atom stereocenters. The average Bonchev–Trinajstić information content (AvgIpc) is 3.02. The molecule has 2 aliphatic heterocycles. The van der Waals surface area contributed by atoms with Crippen molar-refractivity contribution in [1.29, 1.82) is 0 Å². The third-order valence-corrected chi connectivity index (χ3v) is 8.29. The monoisotopic (exact) mass is 426 g/mol. The highest BCUT2D eigenvalue weighted by Gasteiger charge is 2.38. The van der Waals surface area contributed by atoms with Gasteiger partial charge in [-0.15, -0.1) is 0 Å². The van der Waals surface area contributed by atoms with Gasteiger partial charge in [0.25, 0.3) is 0 Å². The van der Waals surface area contributed by atoms with E-state index in [4.69, 9.17) is 0 Å². The summed E-state index contributed by atoms with van der Waals surface area (Å²) < 4.78 is 49.9. The van der Waals surface area contributed by atoms with Gasteiger partial charge in [0.2, 0.25) is 25.5 Å². The van der Waals surface area contributed by atoms with Crippen LogP contribution < -0.4 is 0 Å². The van der Waals surface area contributed by atoms with E-state index in [1.165, 1.54) is 54.6 Å². The van der Waals surface area contributed by atoms with E-state index in [-0.39, 0.29) is 36.5 Å². The molecule has 0 saturated carbocycles. The van der Waals surface area contributed by atoms with E-state index in [0.29, 0.717) is 0 Å². The normalized spacial score (nSPS) is 20.7. The fraction of sp³-hybridized carbons (Fsp3) is 0. The van der Waals surface area contributed by atoms with Crippen LogP contribution in [0.25, 0.3) is 5.76 Å². The van der Waals surface area contributed by atoms with Crippen LogP contribution in [0.1, 0.15) is 15.9 Å². The molecule has 8 heteroatoms. The van der Waals surface area contributed by atoms with Gasteiger partial charge in [-0.3, -0.25) is 4.79 Å². The number of hydrogen-bond acceptors (Lipinski definition) is 6. The molecule has 2 aromatic rings. The number of aliphatic hydroxyl groups excluding tert-OH is 1. The highest BCUT2D eigenvalue weighted by atomic mass is 32.2. The van der Waals surface area contributed by atoms with Gasteiger partial charge in [0.05, 0.1) is 9.79 Å². The van der Waals surface area contributed by atoms with Crippen LogP contribution in [0.5, 0.6) is 0 Å². The smallest absolute Gasteiger partial charge is 0.211 e. The van der Waals surface area contributed by atoms with Crippen LogP contribution in [0.3, 0.4) is 0 Å². The molecule has 0 radical (unpaired) electrons. The van der Waals surface area contributed by atoms with Crippen LogP contribution in [-0.2, 0) is 19.7 Å². The summed E-state index contributed by atoms with van der Waals surface area (Å²) in [6.45, 7) is 0. The summed E-state index contributed by atoms with van der Waals surface area (Å²) in [6.07, 6.45) is 6.47. The lowest BCUT2D eigenvalue weighted by atomic mass is 10.1. The molecule has 0 saturated heterocycles. The van der Waals surface area contributed by atoms with Crippen LogP contribution in [0, 0.1) is 0 Å². The molecule has 2 heterocycles. The Kier molecular flexibility index (Phi) is 4.40. The zero-order chi connectivity index (χ0) is 20.8. The first kappa shape index (κ1) is 19.1. The van der Waals surface area contributed by atoms with E-state index >= 15 is 0 Å². The number of ketones is 1. The van der Waals surface area contributed by atoms with E-state index in [0.717, 1.165) is 0 Å². The molecule has 4 rings (SSSR count). The number of benzene rings is 2. The second-order valence-electron chi connectivity index (χ2n) is 6.32. The largest absolute Gasteiger partial charge is 0.506 e. The van der Waals surface area contributed by atoms with Gasteiger partial charge in [0.1, 0.15) is 15.6 Å². The van der Waals surface area contributed by atoms with Crippen LogP contribution in [-0.4, -0.2) is 27.7 Å². The zero-order valence-electron chi connectivity index (χ0n) is 14.8. The summed E-state index contributed by atoms with van der Waals surface area (Å²) in [7, 11) is -7.69. The Labute approximate surface area is 167 Å². The first-order valence-electron chi connectivity index (χ1n) is 8.48. The number of allylic oxidation sites excluding steroid dienone is 6. The summed E-state index contributed by atoms with van der Waals surface area (Å²) >= 11 is 0. The number of carbonyl (C=O) groups excluding carboxylic acids is 1. The van der Waals surface area contributed by atoms with Gasteiger partial charge < -0.3 is 5.11 Å². The number of Topliss-reactive ketones (excluding diaryl/α,β-unsaturated/α-hetero) is 1. The first-order chi connectivity index (χ1) is 13.8. The van der Waals surface area contributed by atoms with Crippen molar-refractivity contribution >= 4 is 31.2 Å². The highest BCUT2D eigenvalue weighted by molar-refractivity contribution is 7.97. The molecular weight excluding hydrogens is 412 g/mol. The fourth-order valence-electron chi connectivity index (χ4n) is 3.22. The molecule has 0 amide bonds. The van der Waals surface area contributed by atoms with Crippen molar-refractivity contribution in [2.45, 2.75) is 9.79 Å². The number of carbonyl (C=O) groups is 1. The zero-order valence-corrected chi connectivity index (χ0v) is 16.4. The van der Waals surface area contributed by atoms with Crippen LogP contribution >= 0.6 is 0 Å². The SMILES string of the molecule is O=C1/C(=C/C=C/C=C/C2=C(O)c3ccccc3S2(=O)=O)S(=O)(=O)c2ccccc21. The second-order valence-corrected chi connectivity index (χ2v) is 10.1. The van der Waals surface area contributed by atoms with Crippen molar-refractivity contribution in [2.75, 3.05) is 0 Å². The first-order valence-corrected chi connectivity index (χ1v) is 11.4. The standard InChI is InChI=1S/C21H14O6S2/c22-20-14-8-4-6-10-16(14)28(24,25)18(20)12-2-1-3-13-19-21(23)15-9-5-7-11-17(15)29(19,26)27/h1-13,22H/b3-1+,12-2+,19-13-. The molecule has 0 aromatic heterocycles. The number of rotatable bonds is 3. The lowest BCUT2D eigenvalue weighted by molar-refractivity contribution is 0.104. The minimum atomic E-state index is -3.87. The van der Waals surface area contributed by atoms with E-state index < -0.39 is 25.5 Å². The van der Waals surface area contributed by atoms with Crippen molar-refractivity contribution in [3.05, 3.63) is 99.8 Å². The van der Waals surface area contributed by atoms with Gasteiger partial charge in [0.15, 0.2) is 0 Å². The third kappa shape index (κ3) is 2.88. The molecule has 0 spiro atoms. The molecule has 0 bridgehead atoms. The minimum absolute atomic E-state index is 0.0231. The summed E-state index contributed by atoms with van der Waals surface area (Å²) in [5.41, 5.74) is 0.367. The molecular formula is C21H14O6S2. The van der Waals surface area contributed by atoms with Gasteiger partial charge in [-0.25, -0.2) is 16.8 Å². The van der Waals surface area contributed by atoms with E-state index in [2.05, 4.69) is 0 Å². The molecule has 29 heavy (non-hydrogen) atoms. The second kappa shape index (κ2) is 6.68. The van der Waals surface area contributed by atoms with Gasteiger partial charge in [0, 0.05) is 11.1 Å². The lowest BCUT2D eigenvalue weighted by Crippen LogP contribution is -2.01. The topological polar surface area (TPSA) is 106 Å². The quantitative estimate of drug-likeness (QED) is 0.596. The number of hydrogen-bond donors (Lipinski definition) is 1. The molecule has 2 aliphatic rings. The maximum Gasteiger partial charge on any atom is 0.211 e. The van der Waals surface area contributed by atoms with Crippen molar-refractivity contribution in [2.24, 2.45) is 0 Å². The summed E-state index contributed by atoms with van der Waals surface area (Å²) in [4.78, 5) is 11.7. The average molecular weight is 426 g/mol.